The van der Waals surface area contributed by atoms with Crippen LogP contribution in [-0.2, 0) is 17.6 Å². The zero-order valence-corrected chi connectivity index (χ0v) is 15.6. The molecule has 1 unspecified atom stereocenters. The van der Waals surface area contributed by atoms with Gasteiger partial charge in [-0.1, -0.05) is 36.4 Å². The predicted molar refractivity (Wildman–Crippen MR) is 101 cm³/mol. The first-order chi connectivity index (χ1) is 12.0. The summed E-state index contributed by atoms with van der Waals surface area (Å²) in [6, 6.07) is 5.95. The third-order valence-electron chi connectivity index (χ3n) is 4.48. The Balaban J connectivity index is 1.75. The highest BCUT2D eigenvalue weighted by Crippen LogP contribution is 2.26. The van der Waals surface area contributed by atoms with E-state index in [0.717, 1.165) is 47.3 Å². The van der Waals surface area contributed by atoms with Crippen molar-refractivity contribution in [3.63, 3.8) is 0 Å². The number of benzene rings is 1. The first-order valence-electron chi connectivity index (χ1n) is 8.64. The van der Waals surface area contributed by atoms with Gasteiger partial charge < -0.3 is 10.3 Å². The molecule has 0 saturated carbocycles. The van der Waals surface area contributed by atoms with Crippen LogP contribution in [0.25, 0.3) is 0 Å². The van der Waals surface area contributed by atoms with E-state index in [9.17, 15) is 9.59 Å². The summed E-state index contributed by atoms with van der Waals surface area (Å²) in [5.74, 6) is -0.0670. The van der Waals surface area contributed by atoms with Gasteiger partial charge in [-0.15, -0.1) is 0 Å². The van der Waals surface area contributed by atoms with E-state index in [-0.39, 0.29) is 16.7 Å². The number of aromatic amines is 1. The van der Waals surface area contributed by atoms with E-state index in [1.165, 1.54) is 11.8 Å². The molecule has 1 aromatic carbocycles. The quantitative estimate of drug-likeness (QED) is 0.635. The molecule has 1 aliphatic carbocycles. The second-order valence-corrected chi connectivity index (χ2v) is 7.66. The van der Waals surface area contributed by atoms with E-state index in [4.69, 9.17) is 0 Å². The Bertz CT molecular complexity index is 860. The van der Waals surface area contributed by atoms with Crippen molar-refractivity contribution in [3.8, 4) is 0 Å². The minimum absolute atomic E-state index is 0.0605. The zero-order chi connectivity index (χ0) is 18.0. The van der Waals surface area contributed by atoms with Gasteiger partial charge in [0, 0.05) is 11.3 Å². The molecule has 5 nitrogen and oxygen atoms in total. The molecule has 25 heavy (non-hydrogen) atoms. The lowest BCUT2D eigenvalue weighted by molar-refractivity contribution is -0.115. The van der Waals surface area contributed by atoms with Crippen molar-refractivity contribution in [2.24, 2.45) is 0 Å². The summed E-state index contributed by atoms with van der Waals surface area (Å²) < 4.78 is 0. The third kappa shape index (κ3) is 3.95. The van der Waals surface area contributed by atoms with Gasteiger partial charge in [-0.3, -0.25) is 9.59 Å². The normalized spacial score (nSPS) is 14.2. The SMILES string of the molecule is CCC(Sc1nc2c(c(=O)[nH]1)CCC2)C(=O)Nc1ccc(C)cc1C. The Morgan fingerprint density at radius 1 is 1.36 bits per heavy atom. The average molecular weight is 357 g/mol. The number of carbonyl (C=O) groups is 1. The summed E-state index contributed by atoms with van der Waals surface area (Å²) in [7, 11) is 0. The van der Waals surface area contributed by atoms with E-state index in [2.05, 4.69) is 15.3 Å². The second-order valence-electron chi connectivity index (χ2n) is 6.47. The van der Waals surface area contributed by atoms with Gasteiger partial charge in [-0.2, -0.15) is 0 Å². The molecule has 1 amide bonds. The number of H-pyrrole nitrogens is 1. The molecule has 1 aromatic heterocycles. The number of anilines is 1. The van der Waals surface area contributed by atoms with E-state index in [0.29, 0.717) is 11.6 Å². The van der Waals surface area contributed by atoms with Gasteiger partial charge >= 0.3 is 0 Å². The third-order valence-corrected chi connectivity index (χ3v) is 5.73. The highest BCUT2D eigenvalue weighted by Gasteiger charge is 2.22. The Morgan fingerprint density at radius 2 is 2.16 bits per heavy atom. The molecular formula is C19H23N3O2S. The van der Waals surface area contributed by atoms with Crippen LogP contribution in [-0.4, -0.2) is 21.1 Å². The maximum atomic E-state index is 12.7. The number of hydrogen-bond donors (Lipinski definition) is 2. The van der Waals surface area contributed by atoms with Crippen molar-refractivity contribution < 1.29 is 4.79 Å². The van der Waals surface area contributed by atoms with E-state index >= 15 is 0 Å². The average Bonchev–Trinajstić information content (AvgIpc) is 3.04. The van der Waals surface area contributed by atoms with Crippen molar-refractivity contribution in [2.45, 2.75) is 56.9 Å². The molecule has 0 spiro atoms. The lowest BCUT2D eigenvalue weighted by Gasteiger charge is -2.16. The summed E-state index contributed by atoms with van der Waals surface area (Å²) in [5.41, 5.74) is 4.65. The summed E-state index contributed by atoms with van der Waals surface area (Å²) in [6.45, 7) is 5.97. The molecule has 0 bridgehead atoms. The molecule has 2 aromatic rings. The van der Waals surface area contributed by atoms with Gasteiger partial charge in [-0.25, -0.2) is 4.98 Å². The summed E-state index contributed by atoms with van der Waals surface area (Å²) in [6.07, 6.45) is 3.28. The molecule has 0 saturated heterocycles. The minimum atomic E-state index is -0.302. The second kappa shape index (κ2) is 7.44. The molecule has 2 N–H and O–H groups in total. The van der Waals surface area contributed by atoms with Gasteiger partial charge in [0.05, 0.1) is 10.9 Å². The van der Waals surface area contributed by atoms with Gasteiger partial charge in [0.15, 0.2) is 5.16 Å². The Labute approximate surface area is 151 Å². The number of thioether (sulfide) groups is 1. The molecule has 6 heteroatoms. The van der Waals surface area contributed by atoms with Gasteiger partial charge in [0.25, 0.3) is 5.56 Å². The van der Waals surface area contributed by atoms with E-state index in [1.54, 1.807) is 0 Å². The smallest absolute Gasteiger partial charge is 0.254 e. The van der Waals surface area contributed by atoms with Crippen molar-refractivity contribution >= 4 is 23.4 Å². The largest absolute Gasteiger partial charge is 0.325 e. The van der Waals surface area contributed by atoms with Crippen LogP contribution < -0.4 is 10.9 Å². The molecule has 0 radical (unpaired) electrons. The summed E-state index contributed by atoms with van der Waals surface area (Å²) in [4.78, 5) is 32.2. The van der Waals surface area contributed by atoms with Crippen molar-refractivity contribution in [2.75, 3.05) is 5.32 Å². The van der Waals surface area contributed by atoms with E-state index in [1.807, 2.05) is 39.0 Å². The fraction of sp³-hybridized carbons (Fsp3) is 0.421. The number of aromatic nitrogens is 2. The van der Waals surface area contributed by atoms with Crippen LogP contribution in [0, 0.1) is 13.8 Å². The number of nitrogens with zero attached hydrogens (tertiary/aromatic N) is 1. The van der Waals surface area contributed by atoms with Crippen LogP contribution in [0.3, 0.4) is 0 Å². The highest BCUT2D eigenvalue weighted by molar-refractivity contribution is 8.00. The molecule has 1 heterocycles. The lowest BCUT2D eigenvalue weighted by atomic mass is 10.1. The van der Waals surface area contributed by atoms with Crippen molar-refractivity contribution in [3.05, 3.63) is 50.9 Å². The zero-order valence-electron chi connectivity index (χ0n) is 14.8. The maximum absolute atomic E-state index is 12.7. The molecular weight excluding hydrogens is 334 g/mol. The van der Waals surface area contributed by atoms with Gasteiger partial charge in [0.2, 0.25) is 5.91 Å². The number of carbonyl (C=O) groups excluding carboxylic acids is 1. The lowest BCUT2D eigenvalue weighted by Crippen LogP contribution is -2.26. The monoisotopic (exact) mass is 357 g/mol. The Kier molecular flexibility index (Phi) is 5.27. The standard InChI is InChI=1S/C19H23N3O2S/c1-4-16(18(24)20-14-9-8-11(2)10-12(14)3)25-19-21-15-7-5-6-13(15)17(23)22-19/h8-10,16H,4-7H2,1-3H3,(H,20,24)(H,21,22,23). The summed E-state index contributed by atoms with van der Waals surface area (Å²) in [5, 5.41) is 3.23. The van der Waals surface area contributed by atoms with Crippen molar-refractivity contribution in [1.29, 1.82) is 0 Å². The van der Waals surface area contributed by atoms with Crippen LogP contribution in [0.5, 0.6) is 0 Å². The van der Waals surface area contributed by atoms with Crippen LogP contribution in [0.4, 0.5) is 5.69 Å². The minimum Gasteiger partial charge on any atom is -0.325 e. The number of rotatable bonds is 5. The number of hydrogen-bond acceptors (Lipinski definition) is 4. The number of amides is 1. The first-order valence-corrected chi connectivity index (χ1v) is 9.52. The fourth-order valence-electron chi connectivity index (χ4n) is 3.10. The Hall–Kier alpha value is -2.08. The predicted octanol–water partition coefficient (Wildman–Crippen LogP) is 3.38. The molecule has 3 rings (SSSR count). The number of fused-ring (bicyclic) bond motifs is 1. The molecule has 1 aliphatic rings. The number of aryl methyl sites for hydroxylation is 3. The molecule has 0 aliphatic heterocycles. The fourth-order valence-corrected chi connectivity index (χ4v) is 4.02. The first kappa shape index (κ1) is 17.7. The molecule has 0 fully saturated rings. The highest BCUT2D eigenvalue weighted by atomic mass is 32.2. The van der Waals surface area contributed by atoms with Crippen LogP contribution >= 0.6 is 11.8 Å². The maximum Gasteiger partial charge on any atom is 0.254 e. The van der Waals surface area contributed by atoms with Crippen LogP contribution in [0.2, 0.25) is 0 Å². The van der Waals surface area contributed by atoms with Crippen LogP contribution in [0.1, 0.15) is 42.1 Å². The van der Waals surface area contributed by atoms with Gasteiger partial charge in [-0.05, 0) is 51.2 Å². The van der Waals surface area contributed by atoms with E-state index < -0.39 is 0 Å². The topological polar surface area (TPSA) is 74.8 Å². The van der Waals surface area contributed by atoms with Crippen LogP contribution in [0.15, 0.2) is 28.2 Å². The summed E-state index contributed by atoms with van der Waals surface area (Å²) >= 11 is 1.33. The Morgan fingerprint density at radius 3 is 2.88 bits per heavy atom. The number of nitrogens with one attached hydrogen (secondary N) is 2. The van der Waals surface area contributed by atoms with Gasteiger partial charge in [0.1, 0.15) is 0 Å². The molecule has 1 atom stereocenters. The molecule has 132 valence electrons. The van der Waals surface area contributed by atoms with Crippen molar-refractivity contribution in [1.82, 2.24) is 9.97 Å².